The van der Waals surface area contributed by atoms with Crippen molar-refractivity contribution in [2.24, 2.45) is 0 Å². The molecular weight excluding hydrogens is 305 g/mol. The minimum absolute atomic E-state index is 0.0123. The predicted molar refractivity (Wildman–Crippen MR) is 82.2 cm³/mol. The molecule has 0 bridgehead atoms. The molecule has 2 N–H and O–H groups in total. The average molecular weight is 323 g/mol. The molecule has 0 saturated heterocycles. The lowest BCUT2D eigenvalue weighted by Crippen LogP contribution is -2.29. The number of hydrogen-bond donors (Lipinski definition) is 2. The number of nitrogens with one attached hydrogen (secondary N) is 1. The highest BCUT2D eigenvalue weighted by atomic mass is 32.2. The van der Waals surface area contributed by atoms with Gasteiger partial charge in [0.25, 0.3) is 0 Å². The Morgan fingerprint density at radius 1 is 1.05 bits per heavy atom. The molecule has 0 spiro atoms. The minimum atomic E-state index is -3.75. The van der Waals surface area contributed by atoms with Gasteiger partial charge in [0.2, 0.25) is 10.0 Å². The first-order valence-electron chi connectivity index (χ1n) is 6.96. The number of sulfonamides is 1. The summed E-state index contributed by atoms with van der Waals surface area (Å²) in [4.78, 5) is 0.0128. The fourth-order valence-corrected chi connectivity index (χ4v) is 3.40. The van der Waals surface area contributed by atoms with Crippen LogP contribution in [0.1, 0.15) is 24.4 Å². The van der Waals surface area contributed by atoms with E-state index in [0.717, 1.165) is 17.7 Å². The molecule has 0 aliphatic rings. The second-order valence-electron chi connectivity index (χ2n) is 4.90. The van der Waals surface area contributed by atoms with Crippen molar-refractivity contribution in [2.75, 3.05) is 6.61 Å². The second kappa shape index (κ2) is 7.49. The van der Waals surface area contributed by atoms with Crippen LogP contribution >= 0.6 is 0 Å². The van der Waals surface area contributed by atoms with Crippen molar-refractivity contribution in [1.29, 1.82) is 0 Å². The monoisotopic (exact) mass is 323 g/mol. The maximum Gasteiger partial charge on any atom is 0.241 e. The van der Waals surface area contributed by atoms with Crippen LogP contribution in [0.25, 0.3) is 0 Å². The first-order valence-corrected chi connectivity index (χ1v) is 8.45. The van der Waals surface area contributed by atoms with E-state index < -0.39 is 21.9 Å². The van der Waals surface area contributed by atoms with Gasteiger partial charge in [0, 0.05) is 12.6 Å². The van der Waals surface area contributed by atoms with Crippen LogP contribution < -0.4 is 4.72 Å². The van der Waals surface area contributed by atoms with Crippen molar-refractivity contribution >= 4 is 10.0 Å². The number of aliphatic hydroxyl groups excluding tert-OH is 1. The molecular formula is C16H18FNO3S. The number of halogens is 1. The molecule has 2 aromatic rings. The van der Waals surface area contributed by atoms with Crippen molar-refractivity contribution in [3.63, 3.8) is 0 Å². The van der Waals surface area contributed by atoms with Crippen LogP contribution in [0.5, 0.6) is 0 Å². The topological polar surface area (TPSA) is 66.4 Å². The van der Waals surface area contributed by atoms with E-state index in [9.17, 15) is 12.8 Å². The quantitative estimate of drug-likeness (QED) is 0.823. The van der Waals surface area contributed by atoms with E-state index in [2.05, 4.69) is 4.72 Å². The van der Waals surface area contributed by atoms with Gasteiger partial charge in [-0.3, -0.25) is 0 Å². The van der Waals surface area contributed by atoms with Crippen LogP contribution in [0.3, 0.4) is 0 Å². The van der Waals surface area contributed by atoms with Gasteiger partial charge in [0.15, 0.2) is 0 Å². The van der Waals surface area contributed by atoms with Crippen molar-refractivity contribution in [3.8, 4) is 0 Å². The molecule has 118 valence electrons. The van der Waals surface area contributed by atoms with Gasteiger partial charge >= 0.3 is 0 Å². The van der Waals surface area contributed by atoms with Crippen molar-refractivity contribution in [3.05, 3.63) is 66.0 Å². The zero-order valence-corrected chi connectivity index (χ0v) is 12.8. The molecule has 0 aliphatic carbocycles. The lowest BCUT2D eigenvalue weighted by molar-refractivity contribution is 0.278. The Bertz CT molecular complexity index is 687. The predicted octanol–water partition coefficient (Wildman–Crippen LogP) is 2.62. The molecule has 1 atom stereocenters. The summed E-state index contributed by atoms with van der Waals surface area (Å²) in [5, 5.41) is 8.99. The summed E-state index contributed by atoms with van der Waals surface area (Å²) in [6.07, 6.45) is 0.951. The molecule has 0 aliphatic heterocycles. The van der Waals surface area contributed by atoms with Gasteiger partial charge < -0.3 is 5.11 Å². The van der Waals surface area contributed by atoms with Crippen LogP contribution in [0.2, 0.25) is 0 Å². The summed E-state index contributed by atoms with van der Waals surface area (Å²) in [5.74, 6) is -0.487. The minimum Gasteiger partial charge on any atom is -0.396 e. The molecule has 6 heteroatoms. The van der Waals surface area contributed by atoms with E-state index in [0.29, 0.717) is 12.8 Å². The van der Waals surface area contributed by atoms with Crippen molar-refractivity contribution in [2.45, 2.75) is 23.8 Å². The third-order valence-electron chi connectivity index (χ3n) is 3.27. The van der Waals surface area contributed by atoms with Gasteiger partial charge in [-0.25, -0.2) is 17.5 Å². The van der Waals surface area contributed by atoms with Crippen molar-refractivity contribution in [1.82, 2.24) is 4.72 Å². The molecule has 22 heavy (non-hydrogen) atoms. The summed E-state index contributed by atoms with van der Waals surface area (Å²) in [7, 11) is -3.75. The number of rotatable bonds is 7. The Morgan fingerprint density at radius 2 is 1.68 bits per heavy atom. The highest BCUT2D eigenvalue weighted by Gasteiger charge is 2.21. The van der Waals surface area contributed by atoms with Gasteiger partial charge in [0.05, 0.1) is 4.90 Å². The highest BCUT2D eigenvalue weighted by molar-refractivity contribution is 7.89. The largest absolute Gasteiger partial charge is 0.396 e. The molecule has 2 aromatic carbocycles. The van der Waals surface area contributed by atoms with Gasteiger partial charge in [-0.2, -0.15) is 0 Å². The van der Waals surface area contributed by atoms with Crippen LogP contribution in [-0.2, 0) is 10.0 Å². The van der Waals surface area contributed by atoms with E-state index >= 15 is 0 Å². The van der Waals surface area contributed by atoms with Crippen LogP contribution in [0, 0.1) is 5.82 Å². The Morgan fingerprint density at radius 3 is 2.27 bits per heavy atom. The van der Waals surface area contributed by atoms with Gasteiger partial charge in [-0.1, -0.05) is 30.3 Å². The van der Waals surface area contributed by atoms with E-state index in [1.165, 1.54) is 12.1 Å². The van der Waals surface area contributed by atoms with Gasteiger partial charge in [0.1, 0.15) is 5.82 Å². The number of benzene rings is 2. The van der Waals surface area contributed by atoms with Gasteiger partial charge in [-0.15, -0.1) is 0 Å². The number of hydrogen-bond acceptors (Lipinski definition) is 3. The summed E-state index contributed by atoms with van der Waals surface area (Å²) in [6.45, 7) is -0.0123. The Hall–Kier alpha value is -1.76. The smallest absolute Gasteiger partial charge is 0.241 e. The molecule has 0 fully saturated rings. The fraction of sp³-hybridized carbons (Fsp3) is 0.250. The van der Waals surface area contributed by atoms with E-state index in [1.54, 1.807) is 0 Å². The summed E-state index contributed by atoms with van der Waals surface area (Å²) >= 11 is 0. The van der Waals surface area contributed by atoms with E-state index in [-0.39, 0.29) is 11.5 Å². The first-order chi connectivity index (χ1) is 10.5. The molecule has 1 unspecified atom stereocenters. The summed E-state index contributed by atoms with van der Waals surface area (Å²) < 4.78 is 40.3. The summed E-state index contributed by atoms with van der Waals surface area (Å²) in [5.41, 5.74) is 0.821. The fourth-order valence-electron chi connectivity index (χ4n) is 2.14. The van der Waals surface area contributed by atoms with Crippen LogP contribution in [0.4, 0.5) is 4.39 Å². The van der Waals surface area contributed by atoms with Crippen LogP contribution in [-0.4, -0.2) is 20.1 Å². The average Bonchev–Trinajstić information content (AvgIpc) is 2.52. The van der Waals surface area contributed by atoms with Crippen LogP contribution in [0.15, 0.2) is 59.5 Å². The molecule has 0 aromatic heterocycles. The third kappa shape index (κ3) is 4.37. The Balaban J connectivity index is 2.24. The Labute approximate surface area is 129 Å². The normalized spacial score (nSPS) is 13.0. The molecule has 4 nitrogen and oxygen atoms in total. The highest BCUT2D eigenvalue weighted by Crippen LogP contribution is 2.21. The van der Waals surface area contributed by atoms with Crippen molar-refractivity contribution < 1.29 is 17.9 Å². The maximum absolute atomic E-state index is 12.9. The SMILES string of the molecule is O=S(=O)(NC(CCCO)c1ccccc1)c1ccc(F)cc1. The second-order valence-corrected chi connectivity index (χ2v) is 6.62. The molecule has 0 radical (unpaired) electrons. The summed E-state index contributed by atoms with van der Waals surface area (Å²) in [6, 6.07) is 13.4. The molecule has 2 rings (SSSR count). The first kappa shape index (κ1) is 16.6. The van der Waals surface area contributed by atoms with E-state index in [4.69, 9.17) is 5.11 Å². The van der Waals surface area contributed by atoms with E-state index in [1.807, 2.05) is 30.3 Å². The zero-order chi connectivity index (χ0) is 16.0. The van der Waals surface area contributed by atoms with Gasteiger partial charge in [-0.05, 0) is 42.7 Å². The standard InChI is InChI=1S/C16H18FNO3S/c17-14-8-10-15(11-9-14)22(20,21)18-16(7-4-12-19)13-5-2-1-3-6-13/h1-3,5-6,8-11,16,18-19H,4,7,12H2. The molecule has 0 amide bonds. The lowest BCUT2D eigenvalue weighted by atomic mass is 10.0. The lowest BCUT2D eigenvalue weighted by Gasteiger charge is -2.19. The number of aliphatic hydroxyl groups is 1. The zero-order valence-electron chi connectivity index (χ0n) is 11.9. The molecule has 0 heterocycles. The maximum atomic E-state index is 12.9. The third-order valence-corrected chi connectivity index (χ3v) is 4.76. The molecule has 0 saturated carbocycles. The Kier molecular flexibility index (Phi) is 5.65.